The van der Waals surface area contributed by atoms with E-state index in [9.17, 15) is 4.79 Å². The van der Waals surface area contributed by atoms with E-state index >= 15 is 0 Å². The van der Waals surface area contributed by atoms with Crippen molar-refractivity contribution in [3.63, 3.8) is 0 Å². The summed E-state index contributed by atoms with van der Waals surface area (Å²) < 4.78 is 0. The van der Waals surface area contributed by atoms with E-state index in [4.69, 9.17) is 0 Å². The largest absolute Gasteiger partial charge is 0.273 e. The zero-order valence-corrected chi connectivity index (χ0v) is 8.97. The molecular weight excluding hydrogens is 200 g/mol. The van der Waals surface area contributed by atoms with E-state index in [0.29, 0.717) is 6.42 Å². The number of benzene rings is 1. The number of anilines is 1. The number of carbonyl (C=O) groups excluding carboxylic acids is 1. The summed E-state index contributed by atoms with van der Waals surface area (Å²) in [6.07, 6.45) is 6.20. The standard InChI is InChI=1S/C13H14N2O/c1-2-6-11-9-10-15(14-13(11)16)12-7-4-3-5-8-12/h2-5,7-11H,1,6H2,(H,14,16). The fourth-order valence-corrected chi connectivity index (χ4v) is 1.62. The van der Waals surface area contributed by atoms with Gasteiger partial charge in [0.1, 0.15) is 0 Å². The van der Waals surface area contributed by atoms with Gasteiger partial charge in [-0.1, -0.05) is 30.4 Å². The van der Waals surface area contributed by atoms with Crippen LogP contribution in [0.2, 0.25) is 0 Å². The van der Waals surface area contributed by atoms with Crippen molar-refractivity contribution in [3.05, 3.63) is 55.3 Å². The van der Waals surface area contributed by atoms with Crippen molar-refractivity contribution in [2.75, 3.05) is 5.01 Å². The average molecular weight is 214 g/mol. The third-order valence-corrected chi connectivity index (χ3v) is 2.49. The topological polar surface area (TPSA) is 32.3 Å². The molecular formula is C13H14N2O. The Kier molecular flexibility index (Phi) is 3.05. The zero-order chi connectivity index (χ0) is 11.4. The van der Waals surface area contributed by atoms with Gasteiger partial charge < -0.3 is 0 Å². The van der Waals surface area contributed by atoms with Crippen molar-refractivity contribution in [1.29, 1.82) is 0 Å². The highest BCUT2D eigenvalue weighted by Crippen LogP contribution is 2.17. The maximum absolute atomic E-state index is 11.7. The molecule has 1 aromatic rings. The Balaban J connectivity index is 2.14. The lowest BCUT2D eigenvalue weighted by molar-refractivity contribution is -0.123. The van der Waals surface area contributed by atoms with Crippen LogP contribution in [0.3, 0.4) is 0 Å². The Hall–Kier alpha value is -2.03. The first-order valence-electron chi connectivity index (χ1n) is 5.25. The van der Waals surface area contributed by atoms with Gasteiger partial charge in [-0.3, -0.25) is 15.2 Å². The molecule has 0 radical (unpaired) electrons. The number of hydrazine groups is 1. The lowest BCUT2D eigenvalue weighted by atomic mass is 10.0. The van der Waals surface area contributed by atoms with E-state index in [1.165, 1.54) is 0 Å². The van der Waals surface area contributed by atoms with Gasteiger partial charge in [0.15, 0.2) is 0 Å². The number of nitrogens with one attached hydrogen (secondary N) is 1. The van der Waals surface area contributed by atoms with Crippen LogP contribution in [0.4, 0.5) is 5.69 Å². The highest BCUT2D eigenvalue weighted by Gasteiger charge is 2.20. The molecule has 16 heavy (non-hydrogen) atoms. The summed E-state index contributed by atoms with van der Waals surface area (Å²) in [4.78, 5) is 11.7. The Labute approximate surface area is 95.0 Å². The third kappa shape index (κ3) is 2.14. The van der Waals surface area contributed by atoms with Crippen LogP contribution in [0, 0.1) is 5.92 Å². The van der Waals surface area contributed by atoms with Crippen molar-refractivity contribution in [3.8, 4) is 0 Å². The van der Waals surface area contributed by atoms with Crippen molar-refractivity contribution in [2.24, 2.45) is 5.92 Å². The minimum atomic E-state index is -0.0996. The molecule has 1 heterocycles. The van der Waals surface area contributed by atoms with Gasteiger partial charge >= 0.3 is 0 Å². The predicted molar refractivity (Wildman–Crippen MR) is 64.5 cm³/mol. The summed E-state index contributed by atoms with van der Waals surface area (Å²) in [7, 11) is 0. The molecule has 3 heteroatoms. The van der Waals surface area contributed by atoms with Crippen LogP contribution in [0.15, 0.2) is 55.3 Å². The highest BCUT2D eigenvalue weighted by atomic mass is 16.2. The van der Waals surface area contributed by atoms with E-state index in [1.54, 1.807) is 11.1 Å². The van der Waals surface area contributed by atoms with Crippen LogP contribution in [-0.4, -0.2) is 5.91 Å². The molecule has 1 atom stereocenters. The molecule has 2 rings (SSSR count). The Morgan fingerprint density at radius 2 is 2.12 bits per heavy atom. The number of nitrogens with zero attached hydrogens (tertiary/aromatic N) is 1. The molecule has 1 amide bonds. The molecule has 1 unspecified atom stereocenters. The zero-order valence-electron chi connectivity index (χ0n) is 8.97. The minimum absolute atomic E-state index is 0.00579. The number of para-hydroxylation sites is 1. The van der Waals surface area contributed by atoms with E-state index in [-0.39, 0.29) is 11.8 Å². The normalized spacial score (nSPS) is 19.4. The Bertz CT molecular complexity index is 411. The molecule has 1 aromatic carbocycles. The van der Waals surface area contributed by atoms with Crippen molar-refractivity contribution < 1.29 is 4.79 Å². The number of rotatable bonds is 3. The fraction of sp³-hybridized carbons (Fsp3) is 0.154. The molecule has 0 saturated heterocycles. The quantitative estimate of drug-likeness (QED) is 0.783. The molecule has 1 N–H and O–H groups in total. The fourth-order valence-electron chi connectivity index (χ4n) is 1.62. The van der Waals surface area contributed by atoms with E-state index in [2.05, 4.69) is 12.0 Å². The highest BCUT2D eigenvalue weighted by molar-refractivity contribution is 5.84. The van der Waals surface area contributed by atoms with Gasteiger partial charge in [-0.2, -0.15) is 0 Å². The van der Waals surface area contributed by atoms with Crippen LogP contribution in [-0.2, 0) is 4.79 Å². The van der Waals surface area contributed by atoms with Crippen LogP contribution in [0.5, 0.6) is 0 Å². The van der Waals surface area contributed by atoms with Gasteiger partial charge in [-0.05, 0) is 18.6 Å². The molecule has 0 aliphatic carbocycles. The van der Waals surface area contributed by atoms with Crippen molar-refractivity contribution in [2.45, 2.75) is 6.42 Å². The number of allylic oxidation sites excluding steroid dienone is 1. The van der Waals surface area contributed by atoms with E-state index < -0.39 is 0 Å². The first-order chi connectivity index (χ1) is 7.81. The van der Waals surface area contributed by atoms with Gasteiger partial charge in [0.2, 0.25) is 5.91 Å². The number of hydrogen-bond donors (Lipinski definition) is 1. The van der Waals surface area contributed by atoms with E-state index in [1.807, 2.05) is 42.6 Å². The van der Waals surface area contributed by atoms with Gasteiger partial charge in [0.25, 0.3) is 0 Å². The third-order valence-electron chi connectivity index (χ3n) is 2.49. The summed E-state index contributed by atoms with van der Waals surface area (Å²) >= 11 is 0. The first kappa shape index (κ1) is 10.5. The first-order valence-corrected chi connectivity index (χ1v) is 5.25. The molecule has 0 aromatic heterocycles. The number of carbonyl (C=O) groups is 1. The van der Waals surface area contributed by atoms with Gasteiger partial charge in [-0.25, -0.2) is 0 Å². The summed E-state index contributed by atoms with van der Waals surface area (Å²) in [6, 6.07) is 9.70. The summed E-state index contributed by atoms with van der Waals surface area (Å²) in [5.41, 5.74) is 3.78. The molecule has 1 aliphatic heterocycles. The number of amides is 1. The molecule has 1 aliphatic rings. The molecule has 0 bridgehead atoms. The Morgan fingerprint density at radius 3 is 2.75 bits per heavy atom. The lowest BCUT2D eigenvalue weighted by Gasteiger charge is -2.27. The van der Waals surface area contributed by atoms with Crippen LogP contribution >= 0.6 is 0 Å². The van der Waals surface area contributed by atoms with Crippen LogP contribution < -0.4 is 10.4 Å². The lowest BCUT2D eigenvalue weighted by Crippen LogP contribution is -2.44. The van der Waals surface area contributed by atoms with Crippen LogP contribution in [0.25, 0.3) is 0 Å². The second kappa shape index (κ2) is 4.66. The SMILES string of the molecule is C=CCC1C=CN(c2ccccc2)NC1=O. The average Bonchev–Trinajstić information content (AvgIpc) is 2.33. The summed E-state index contributed by atoms with van der Waals surface area (Å²) in [6.45, 7) is 3.64. The molecule has 0 fully saturated rings. The number of hydrogen-bond acceptors (Lipinski definition) is 2. The van der Waals surface area contributed by atoms with Crippen molar-refractivity contribution in [1.82, 2.24) is 5.43 Å². The minimum Gasteiger partial charge on any atom is -0.273 e. The summed E-state index contributed by atoms with van der Waals surface area (Å²) in [5.74, 6) is -0.0938. The second-order valence-corrected chi connectivity index (χ2v) is 3.65. The maximum atomic E-state index is 11.7. The smallest absolute Gasteiger partial charge is 0.246 e. The maximum Gasteiger partial charge on any atom is 0.246 e. The van der Waals surface area contributed by atoms with Gasteiger partial charge in [0.05, 0.1) is 11.6 Å². The predicted octanol–water partition coefficient (Wildman–Crippen LogP) is 2.24. The van der Waals surface area contributed by atoms with Gasteiger partial charge in [-0.15, -0.1) is 6.58 Å². The van der Waals surface area contributed by atoms with E-state index in [0.717, 1.165) is 5.69 Å². The molecule has 82 valence electrons. The molecule has 0 saturated carbocycles. The van der Waals surface area contributed by atoms with Gasteiger partial charge in [0, 0.05) is 6.20 Å². The molecule has 0 spiro atoms. The second-order valence-electron chi connectivity index (χ2n) is 3.65. The summed E-state index contributed by atoms with van der Waals surface area (Å²) in [5, 5.41) is 1.72. The monoisotopic (exact) mass is 214 g/mol. The molecule has 3 nitrogen and oxygen atoms in total. The van der Waals surface area contributed by atoms with Crippen LogP contribution in [0.1, 0.15) is 6.42 Å². The van der Waals surface area contributed by atoms with Crippen molar-refractivity contribution >= 4 is 11.6 Å². The Morgan fingerprint density at radius 1 is 1.38 bits per heavy atom.